The lowest BCUT2D eigenvalue weighted by atomic mass is 10.1. The first kappa shape index (κ1) is 15.2. The standard InChI is InChI=1S/C16H19N5O2/c1-11-18-14(10-15(19-11)21-6-8-23-9-7-21)16(20-17)12-2-4-13(22)5-3-12/h2-5,10,22H,6-9,17H2,1H3/b20-16+. The number of morpholine rings is 1. The molecule has 1 aliphatic rings. The molecule has 0 atom stereocenters. The molecule has 23 heavy (non-hydrogen) atoms. The Hall–Kier alpha value is -2.67. The molecule has 1 fully saturated rings. The van der Waals surface area contributed by atoms with Crippen molar-refractivity contribution in [2.75, 3.05) is 31.2 Å². The third-order valence-corrected chi connectivity index (χ3v) is 3.67. The van der Waals surface area contributed by atoms with E-state index in [2.05, 4.69) is 20.0 Å². The monoisotopic (exact) mass is 313 g/mol. The van der Waals surface area contributed by atoms with Crippen LogP contribution >= 0.6 is 0 Å². The average molecular weight is 313 g/mol. The number of nitrogens with two attached hydrogens (primary N) is 1. The maximum Gasteiger partial charge on any atom is 0.133 e. The summed E-state index contributed by atoms with van der Waals surface area (Å²) in [6.07, 6.45) is 0. The van der Waals surface area contributed by atoms with Crippen molar-refractivity contribution in [2.45, 2.75) is 6.92 Å². The second-order valence-corrected chi connectivity index (χ2v) is 5.28. The van der Waals surface area contributed by atoms with Gasteiger partial charge in [-0.25, -0.2) is 9.97 Å². The molecule has 3 rings (SSSR count). The molecular weight excluding hydrogens is 294 g/mol. The molecule has 1 aliphatic heterocycles. The Kier molecular flexibility index (Phi) is 4.38. The number of nitrogens with zero attached hydrogens (tertiary/aromatic N) is 4. The number of phenols is 1. The van der Waals surface area contributed by atoms with Gasteiger partial charge in [0.25, 0.3) is 0 Å². The number of aromatic nitrogens is 2. The van der Waals surface area contributed by atoms with Crippen molar-refractivity contribution in [1.29, 1.82) is 0 Å². The molecule has 0 radical (unpaired) electrons. The molecule has 2 aromatic rings. The zero-order valence-corrected chi connectivity index (χ0v) is 12.9. The fourth-order valence-electron chi connectivity index (χ4n) is 2.54. The molecule has 0 saturated carbocycles. The van der Waals surface area contributed by atoms with E-state index < -0.39 is 0 Å². The number of hydrogen-bond acceptors (Lipinski definition) is 7. The normalized spacial score (nSPS) is 15.7. The molecule has 1 aromatic carbocycles. The van der Waals surface area contributed by atoms with E-state index in [-0.39, 0.29) is 5.75 Å². The van der Waals surface area contributed by atoms with Gasteiger partial charge in [0, 0.05) is 24.7 Å². The zero-order valence-electron chi connectivity index (χ0n) is 12.9. The van der Waals surface area contributed by atoms with Crippen LogP contribution in [0.5, 0.6) is 5.75 Å². The van der Waals surface area contributed by atoms with Gasteiger partial charge < -0.3 is 20.6 Å². The van der Waals surface area contributed by atoms with E-state index in [0.717, 1.165) is 24.5 Å². The fraction of sp³-hybridized carbons (Fsp3) is 0.312. The van der Waals surface area contributed by atoms with E-state index in [4.69, 9.17) is 10.6 Å². The van der Waals surface area contributed by atoms with Gasteiger partial charge in [-0.3, -0.25) is 0 Å². The Morgan fingerprint density at radius 3 is 2.57 bits per heavy atom. The number of rotatable bonds is 3. The second-order valence-electron chi connectivity index (χ2n) is 5.28. The predicted octanol–water partition coefficient (Wildman–Crippen LogP) is 1.04. The summed E-state index contributed by atoms with van der Waals surface area (Å²) < 4.78 is 5.38. The van der Waals surface area contributed by atoms with Gasteiger partial charge in [0.05, 0.1) is 18.9 Å². The van der Waals surface area contributed by atoms with Crippen LogP contribution in [0.1, 0.15) is 17.1 Å². The van der Waals surface area contributed by atoms with Crippen molar-refractivity contribution in [3.63, 3.8) is 0 Å². The number of benzene rings is 1. The lowest BCUT2D eigenvalue weighted by Gasteiger charge is -2.28. The van der Waals surface area contributed by atoms with Gasteiger partial charge in [-0.2, -0.15) is 5.10 Å². The smallest absolute Gasteiger partial charge is 0.133 e. The Morgan fingerprint density at radius 1 is 1.22 bits per heavy atom. The van der Waals surface area contributed by atoms with Crippen molar-refractivity contribution in [3.8, 4) is 5.75 Å². The highest BCUT2D eigenvalue weighted by Gasteiger charge is 2.17. The highest BCUT2D eigenvalue weighted by molar-refractivity contribution is 6.11. The Labute approximate surface area is 134 Å². The number of anilines is 1. The number of aromatic hydroxyl groups is 1. The van der Waals surface area contributed by atoms with E-state index >= 15 is 0 Å². The number of aryl methyl sites for hydroxylation is 1. The van der Waals surface area contributed by atoms with Crippen molar-refractivity contribution in [2.24, 2.45) is 10.9 Å². The molecule has 0 amide bonds. The van der Waals surface area contributed by atoms with E-state index in [9.17, 15) is 5.11 Å². The molecule has 0 bridgehead atoms. The van der Waals surface area contributed by atoms with E-state index in [1.807, 2.05) is 13.0 Å². The molecule has 0 aliphatic carbocycles. The molecule has 7 heteroatoms. The van der Waals surface area contributed by atoms with Gasteiger partial charge >= 0.3 is 0 Å². The number of hydrazone groups is 1. The highest BCUT2D eigenvalue weighted by Crippen LogP contribution is 2.18. The minimum Gasteiger partial charge on any atom is -0.508 e. The molecule has 7 nitrogen and oxygen atoms in total. The summed E-state index contributed by atoms with van der Waals surface area (Å²) in [7, 11) is 0. The summed E-state index contributed by atoms with van der Waals surface area (Å²) >= 11 is 0. The van der Waals surface area contributed by atoms with Crippen molar-refractivity contribution in [3.05, 3.63) is 47.4 Å². The molecular formula is C16H19N5O2. The summed E-state index contributed by atoms with van der Waals surface area (Å²) in [6, 6.07) is 8.59. The first-order valence-corrected chi connectivity index (χ1v) is 7.43. The predicted molar refractivity (Wildman–Crippen MR) is 87.7 cm³/mol. The number of ether oxygens (including phenoxy) is 1. The summed E-state index contributed by atoms with van der Waals surface area (Å²) in [5.41, 5.74) is 2.01. The van der Waals surface area contributed by atoms with Crippen LogP contribution < -0.4 is 10.7 Å². The SMILES string of the molecule is Cc1nc(/C(=N/N)c2ccc(O)cc2)cc(N2CCOCC2)n1. The Balaban J connectivity index is 1.97. The third-order valence-electron chi connectivity index (χ3n) is 3.67. The lowest BCUT2D eigenvalue weighted by molar-refractivity contribution is 0.122. The Morgan fingerprint density at radius 2 is 1.91 bits per heavy atom. The van der Waals surface area contributed by atoms with Crippen LogP contribution in [0.3, 0.4) is 0 Å². The lowest BCUT2D eigenvalue weighted by Crippen LogP contribution is -2.37. The summed E-state index contributed by atoms with van der Waals surface area (Å²) in [4.78, 5) is 11.1. The first-order chi connectivity index (χ1) is 11.2. The molecule has 0 spiro atoms. The van der Waals surface area contributed by atoms with Crippen LogP contribution in [-0.4, -0.2) is 47.1 Å². The summed E-state index contributed by atoms with van der Waals surface area (Å²) in [6.45, 7) is 4.81. The van der Waals surface area contributed by atoms with Gasteiger partial charge in [-0.1, -0.05) is 0 Å². The Bertz CT molecular complexity index is 709. The summed E-state index contributed by atoms with van der Waals surface area (Å²) in [5.74, 6) is 7.28. The number of hydrogen-bond donors (Lipinski definition) is 2. The third kappa shape index (κ3) is 3.40. The molecule has 3 N–H and O–H groups in total. The van der Waals surface area contributed by atoms with Crippen LogP contribution in [0, 0.1) is 6.92 Å². The topological polar surface area (TPSA) is 96.9 Å². The van der Waals surface area contributed by atoms with Crippen molar-refractivity contribution < 1.29 is 9.84 Å². The van der Waals surface area contributed by atoms with Crippen LogP contribution in [0.2, 0.25) is 0 Å². The zero-order chi connectivity index (χ0) is 16.2. The van der Waals surface area contributed by atoms with Crippen LogP contribution in [-0.2, 0) is 4.74 Å². The molecule has 1 aromatic heterocycles. The van der Waals surface area contributed by atoms with Gasteiger partial charge in [0.15, 0.2) is 0 Å². The number of phenolic OH excluding ortho intramolecular Hbond substituents is 1. The summed E-state index contributed by atoms with van der Waals surface area (Å²) in [5, 5.41) is 13.3. The van der Waals surface area contributed by atoms with Gasteiger partial charge in [0.1, 0.15) is 23.1 Å². The van der Waals surface area contributed by atoms with Gasteiger partial charge in [0.2, 0.25) is 0 Å². The molecule has 1 saturated heterocycles. The van der Waals surface area contributed by atoms with E-state index in [1.54, 1.807) is 24.3 Å². The van der Waals surface area contributed by atoms with Gasteiger partial charge in [-0.05, 0) is 31.2 Å². The van der Waals surface area contributed by atoms with Crippen LogP contribution in [0.4, 0.5) is 5.82 Å². The molecule has 0 unspecified atom stereocenters. The first-order valence-electron chi connectivity index (χ1n) is 7.43. The quantitative estimate of drug-likeness (QED) is 0.499. The average Bonchev–Trinajstić information content (AvgIpc) is 2.58. The minimum absolute atomic E-state index is 0.193. The van der Waals surface area contributed by atoms with Gasteiger partial charge in [-0.15, -0.1) is 0 Å². The maximum absolute atomic E-state index is 9.42. The van der Waals surface area contributed by atoms with E-state index in [0.29, 0.717) is 30.4 Å². The van der Waals surface area contributed by atoms with Crippen molar-refractivity contribution in [1.82, 2.24) is 9.97 Å². The fourth-order valence-corrected chi connectivity index (χ4v) is 2.54. The second kappa shape index (κ2) is 6.62. The van der Waals surface area contributed by atoms with Crippen LogP contribution in [0.25, 0.3) is 0 Å². The molecule has 2 heterocycles. The maximum atomic E-state index is 9.42. The largest absolute Gasteiger partial charge is 0.508 e. The highest BCUT2D eigenvalue weighted by atomic mass is 16.5. The van der Waals surface area contributed by atoms with E-state index in [1.165, 1.54) is 0 Å². The minimum atomic E-state index is 0.193. The molecule has 120 valence electrons. The van der Waals surface area contributed by atoms with Crippen LogP contribution in [0.15, 0.2) is 35.4 Å². The van der Waals surface area contributed by atoms with Crippen molar-refractivity contribution >= 4 is 11.5 Å².